The van der Waals surface area contributed by atoms with Gasteiger partial charge >= 0.3 is 5.97 Å². The Bertz CT molecular complexity index is 451. The highest BCUT2D eigenvalue weighted by Gasteiger charge is 2.46. The molecule has 0 aromatic carbocycles. The molecule has 22 heavy (non-hydrogen) atoms. The van der Waals surface area contributed by atoms with Gasteiger partial charge in [-0.25, -0.2) is 9.18 Å². The topological polar surface area (TPSA) is 86.7 Å². The van der Waals surface area contributed by atoms with Crippen molar-refractivity contribution in [3.8, 4) is 0 Å². The normalized spacial score (nSPS) is 26.0. The van der Waals surface area contributed by atoms with Crippen LogP contribution < -0.4 is 5.32 Å². The third-order valence-electron chi connectivity index (χ3n) is 4.59. The number of aliphatic carboxylic acids is 1. The van der Waals surface area contributed by atoms with Crippen molar-refractivity contribution in [3.63, 3.8) is 0 Å². The van der Waals surface area contributed by atoms with Crippen LogP contribution in [0, 0.1) is 5.92 Å². The number of carbonyl (C=O) groups excluding carboxylic acids is 2. The molecule has 1 unspecified atom stereocenters. The van der Waals surface area contributed by atoms with Crippen LogP contribution in [0.15, 0.2) is 0 Å². The molecule has 124 valence electrons. The lowest BCUT2D eigenvalue weighted by Gasteiger charge is -2.21. The minimum Gasteiger partial charge on any atom is -0.479 e. The fraction of sp³-hybridized carbons (Fsp3) is 0.800. The minimum atomic E-state index is -2.36. The lowest BCUT2D eigenvalue weighted by atomic mass is 9.87. The predicted molar refractivity (Wildman–Crippen MR) is 76.9 cm³/mol. The highest BCUT2D eigenvalue weighted by Crippen LogP contribution is 2.27. The van der Waals surface area contributed by atoms with E-state index in [0.29, 0.717) is 12.3 Å². The summed E-state index contributed by atoms with van der Waals surface area (Å²) in [6, 6.07) is 0. The summed E-state index contributed by atoms with van der Waals surface area (Å²) in [5.74, 6) is -1.74. The van der Waals surface area contributed by atoms with Crippen molar-refractivity contribution >= 4 is 17.8 Å². The van der Waals surface area contributed by atoms with E-state index >= 15 is 0 Å². The van der Waals surface area contributed by atoms with Crippen LogP contribution in [0.4, 0.5) is 4.39 Å². The molecule has 0 radical (unpaired) electrons. The predicted octanol–water partition coefficient (Wildman–Crippen LogP) is 1.10. The monoisotopic (exact) mass is 314 g/mol. The molecular formula is C15H23FN2O4. The van der Waals surface area contributed by atoms with Gasteiger partial charge in [-0.15, -0.1) is 0 Å². The van der Waals surface area contributed by atoms with Gasteiger partial charge < -0.3 is 15.3 Å². The van der Waals surface area contributed by atoms with Crippen LogP contribution in [0.3, 0.4) is 0 Å². The molecule has 7 heteroatoms. The molecule has 1 aliphatic carbocycles. The fourth-order valence-corrected chi connectivity index (χ4v) is 3.17. The van der Waals surface area contributed by atoms with E-state index in [0.717, 1.165) is 30.6 Å². The maximum Gasteiger partial charge on any atom is 0.343 e. The molecule has 0 bridgehead atoms. The maximum absolute atomic E-state index is 13.9. The van der Waals surface area contributed by atoms with Gasteiger partial charge in [0.2, 0.25) is 17.5 Å². The highest BCUT2D eigenvalue weighted by atomic mass is 19.1. The first-order valence-electron chi connectivity index (χ1n) is 7.87. The van der Waals surface area contributed by atoms with Crippen molar-refractivity contribution < 1.29 is 23.9 Å². The molecule has 2 rings (SSSR count). The van der Waals surface area contributed by atoms with E-state index in [1.54, 1.807) is 0 Å². The maximum atomic E-state index is 13.9. The van der Waals surface area contributed by atoms with Crippen molar-refractivity contribution in [2.24, 2.45) is 5.92 Å². The average Bonchev–Trinajstić information content (AvgIpc) is 2.90. The first-order valence-corrected chi connectivity index (χ1v) is 7.87. The van der Waals surface area contributed by atoms with Gasteiger partial charge in [0.1, 0.15) is 0 Å². The second-order valence-corrected chi connectivity index (χ2v) is 6.32. The Kier molecular flexibility index (Phi) is 5.37. The molecule has 6 nitrogen and oxygen atoms in total. The second kappa shape index (κ2) is 7.07. The summed E-state index contributed by atoms with van der Waals surface area (Å²) >= 11 is 0. The molecule has 2 aliphatic rings. The Morgan fingerprint density at radius 2 is 1.91 bits per heavy atom. The Balaban J connectivity index is 1.71. The van der Waals surface area contributed by atoms with Gasteiger partial charge in [0.25, 0.3) is 0 Å². The Labute approximate surface area is 129 Å². The van der Waals surface area contributed by atoms with Gasteiger partial charge in [-0.05, 0) is 18.8 Å². The SMILES string of the molecule is O=C(CC1CCCCC1)NCC(=O)N1CCC(F)(C(=O)O)C1. The molecule has 1 atom stereocenters. The fourth-order valence-electron chi connectivity index (χ4n) is 3.17. The highest BCUT2D eigenvalue weighted by molar-refractivity contribution is 5.86. The van der Waals surface area contributed by atoms with Crippen LogP contribution in [0.5, 0.6) is 0 Å². The number of carboxylic acid groups (broad SMARTS) is 1. The van der Waals surface area contributed by atoms with E-state index in [1.165, 1.54) is 6.42 Å². The number of likely N-dealkylation sites (tertiary alicyclic amines) is 1. The number of hydrogen-bond acceptors (Lipinski definition) is 3. The quantitative estimate of drug-likeness (QED) is 0.795. The van der Waals surface area contributed by atoms with Gasteiger partial charge in [-0.3, -0.25) is 9.59 Å². The average molecular weight is 314 g/mol. The number of carboxylic acids is 1. The van der Waals surface area contributed by atoms with E-state index in [1.807, 2.05) is 0 Å². The van der Waals surface area contributed by atoms with Crippen molar-refractivity contribution in [3.05, 3.63) is 0 Å². The Morgan fingerprint density at radius 1 is 1.23 bits per heavy atom. The zero-order valence-electron chi connectivity index (χ0n) is 12.6. The van der Waals surface area contributed by atoms with Crippen LogP contribution >= 0.6 is 0 Å². The number of nitrogens with zero attached hydrogens (tertiary/aromatic N) is 1. The Morgan fingerprint density at radius 3 is 2.50 bits per heavy atom. The van der Waals surface area contributed by atoms with Gasteiger partial charge in [0.15, 0.2) is 0 Å². The molecule has 1 saturated carbocycles. The third-order valence-corrected chi connectivity index (χ3v) is 4.59. The zero-order valence-corrected chi connectivity index (χ0v) is 12.6. The molecule has 0 aromatic heterocycles. The third kappa shape index (κ3) is 4.18. The summed E-state index contributed by atoms with van der Waals surface area (Å²) in [7, 11) is 0. The second-order valence-electron chi connectivity index (χ2n) is 6.32. The van der Waals surface area contributed by atoms with Crippen LogP contribution in [0.25, 0.3) is 0 Å². The molecular weight excluding hydrogens is 291 g/mol. The molecule has 1 saturated heterocycles. The van der Waals surface area contributed by atoms with Crippen LogP contribution in [0.1, 0.15) is 44.9 Å². The molecule has 0 spiro atoms. The summed E-state index contributed by atoms with van der Waals surface area (Å²) in [5, 5.41) is 11.4. The first-order chi connectivity index (χ1) is 10.4. The van der Waals surface area contributed by atoms with Crippen LogP contribution in [-0.4, -0.2) is 53.1 Å². The van der Waals surface area contributed by atoms with Gasteiger partial charge in [0.05, 0.1) is 13.1 Å². The van der Waals surface area contributed by atoms with Gasteiger partial charge in [-0.2, -0.15) is 0 Å². The Hall–Kier alpha value is -1.66. The summed E-state index contributed by atoms with van der Waals surface area (Å²) in [4.78, 5) is 35.7. The molecule has 0 aromatic rings. The van der Waals surface area contributed by atoms with E-state index < -0.39 is 24.1 Å². The lowest BCUT2D eigenvalue weighted by molar-refractivity contribution is -0.150. The number of alkyl halides is 1. The van der Waals surface area contributed by atoms with Crippen LogP contribution in [0.2, 0.25) is 0 Å². The van der Waals surface area contributed by atoms with Crippen LogP contribution in [-0.2, 0) is 14.4 Å². The summed E-state index contributed by atoms with van der Waals surface area (Å²) in [5.41, 5.74) is -2.36. The largest absolute Gasteiger partial charge is 0.479 e. The van der Waals surface area contributed by atoms with Gasteiger partial charge in [-0.1, -0.05) is 19.3 Å². The number of nitrogens with one attached hydrogen (secondary N) is 1. The van der Waals surface area contributed by atoms with E-state index in [9.17, 15) is 18.8 Å². The van der Waals surface area contributed by atoms with E-state index in [-0.39, 0.29) is 25.4 Å². The van der Waals surface area contributed by atoms with Crippen molar-refractivity contribution in [1.29, 1.82) is 0 Å². The number of rotatable bonds is 5. The van der Waals surface area contributed by atoms with Crippen molar-refractivity contribution in [1.82, 2.24) is 10.2 Å². The van der Waals surface area contributed by atoms with E-state index in [4.69, 9.17) is 5.11 Å². The van der Waals surface area contributed by atoms with Crippen molar-refractivity contribution in [2.75, 3.05) is 19.6 Å². The molecule has 2 amide bonds. The summed E-state index contributed by atoms with van der Waals surface area (Å²) in [6.07, 6.45) is 5.85. The first kappa shape index (κ1) is 16.7. The lowest BCUT2D eigenvalue weighted by Crippen LogP contribution is -2.43. The summed E-state index contributed by atoms with van der Waals surface area (Å²) < 4.78 is 13.9. The molecule has 1 heterocycles. The van der Waals surface area contributed by atoms with E-state index in [2.05, 4.69) is 5.32 Å². The minimum absolute atomic E-state index is 0.0696. The standard InChI is InChI=1S/C15H23FN2O4/c16-15(14(21)22)6-7-18(10-15)13(20)9-17-12(19)8-11-4-2-1-3-5-11/h11H,1-10H2,(H,17,19)(H,21,22). The number of halogens is 1. The number of amides is 2. The smallest absolute Gasteiger partial charge is 0.343 e. The zero-order chi connectivity index (χ0) is 16.2. The summed E-state index contributed by atoms with van der Waals surface area (Å²) in [6.45, 7) is -0.568. The molecule has 1 aliphatic heterocycles. The van der Waals surface area contributed by atoms with Gasteiger partial charge in [0, 0.05) is 19.4 Å². The van der Waals surface area contributed by atoms with Crippen molar-refractivity contribution in [2.45, 2.75) is 50.6 Å². The number of carbonyl (C=O) groups is 3. The molecule has 2 N–H and O–H groups in total. The molecule has 2 fully saturated rings. The number of hydrogen-bond donors (Lipinski definition) is 2.